The van der Waals surface area contributed by atoms with E-state index in [1.54, 1.807) is 0 Å². The molecule has 0 aromatic carbocycles. The number of likely N-dealkylation sites (tertiary alicyclic amines) is 1. The highest BCUT2D eigenvalue weighted by molar-refractivity contribution is 5.80. The highest BCUT2D eigenvalue weighted by Crippen LogP contribution is 2.33. The van der Waals surface area contributed by atoms with Crippen LogP contribution in [-0.2, 0) is 0 Å². The van der Waals surface area contributed by atoms with Gasteiger partial charge in [-0.15, -0.1) is 0 Å². The van der Waals surface area contributed by atoms with Crippen LogP contribution in [0.5, 0.6) is 0 Å². The fourth-order valence-electron chi connectivity index (χ4n) is 3.94. The molecule has 3 unspecified atom stereocenters. The summed E-state index contributed by atoms with van der Waals surface area (Å²) in [6.07, 6.45) is 5.93. The van der Waals surface area contributed by atoms with Crippen LogP contribution in [0.3, 0.4) is 0 Å². The monoisotopic (exact) mass is 338 g/mol. The SMILES string of the molecule is CCNC(=NCC(CCO)CC(C)C)NC1CC(C)N(C2CC2)C1. The minimum absolute atomic E-state index is 0.257. The van der Waals surface area contributed by atoms with Crippen molar-refractivity contribution >= 4 is 5.96 Å². The lowest BCUT2D eigenvalue weighted by Crippen LogP contribution is -2.45. The quantitative estimate of drug-likeness (QED) is 0.446. The van der Waals surface area contributed by atoms with Crippen LogP contribution < -0.4 is 10.6 Å². The van der Waals surface area contributed by atoms with Gasteiger partial charge in [0.2, 0.25) is 0 Å². The maximum absolute atomic E-state index is 9.28. The number of guanidine groups is 1. The van der Waals surface area contributed by atoms with E-state index < -0.39 is 0 Å². The van der Waals surface area contributed by atoms with Gasteiger partial charge in [0.25, 0.3) is 0 Å². The fourth-order valence-corrected chi connectivity index (χ4v) is 3.94. The Labute approximate surface area is 148 Å². The van der Waals surface area contributed by atoms with E-state index in [1.165, 1.54) is 19.3 Å². The number of aliphatic hydroxyl groups excluding tert-OH is 1. The van der Waals surface area contributed by atoms with Crippen LogP contribution in [0.25, 0.3) is 0 Å². The second kappa shape index (κ2) is 9.62. The van der Waals surface area contributed by atoms with Gasteiger partial charge in [-0.2, -0.15) is 0 Å². The molecule has 2 rings (SSSR count). The first-order valence-corrected chi connectivity index (χ1v) is 9.94. The van der Waals surface area contributed by atoms with Crippen molar-refractivity contribution in [2.45, 2.75) is 77.9 Å². The summed E-state index contributed by atoms with van der Waals surface area (Å²) >= 11 is 0. The Hall–Kier alpha value is -0.810. The third-order valence-corrected chi connectivity index (χ3v) is 5.17. The molecule has 1 aliphatic carbocycles. The van der Waals surface area contributed by atoms with Gasteiger partial charge in [-0.1, -0.05) is 13.8 Å². The van der Waals surface area contributed by atoms with Crippen molar-refractivity contribution in [3.63, 3.8) is 0 Å². The van der Waals surface area contributed by atoms with Gasteiger partial charge in [0.1, 0.15) is 0 Å². The predicted octanol–water partition coefficient (Wildman–Crippen LogP) is 2.21. The highest BCUT2D eigenvalue weighted by atomic mass is 16.3. The summed E-state index contributed by atoms with van der Waals surface area (Å²) in [4.78, 5) is 7.49. The molecule has 1 heterocycles. The molecule has 5 heteroatoms. The first-order chi connectivity index (χ1) is 11.5. The average molecular weight is 339 g/mol. The predicted molar refractivity (Wildman–Crippen MR) is 101 cm³/mol. The standard InChI is InChI=1S/C19H38N4O/c1-5-20-19(21-12-16(8-9-24)10-14(2)3)22-17-11-15(4)23(13-17)18-6-7-18/h14-18,24H,5-13H2,1-4H3,(H2,20,21,22). The van der Waals surface area contributed by atoms with Gasteiger partial charge in [-0.3, -0.25) is 9.89 Å². The van der Waals surface area contributed by atoms with Crippen molar-refractivity contribution in [2.75, 3.05) is 26.2 Å². The summed E-state index contributed by atoms with van der Waals surface area (Å²) < 4.78 is 0. The Morgan fingerprint density at radius 3 is 2.67 bits per heavy atom. The fraction of sp³-hybridized carbons (Fsp3) is 0.947. The lowest BCUT2D eigenvalue weighted by Gasteiger charge is -2.21. The maximum Gasteiger partial charge on any atom is 0.191 e. The molecule has 2 aliphatic rings. The molecule has 0 bridgehead atoms. The molecule has 3 N–H and O–H groups in total. The Kier molecular flexibility index (Phi) is 7.82. The van der Waals surface area contributed by atoms with Crippen molar-refractivity contribution in [1.82, 2.24) is 15.5 Å². The first kappa shape index (κ1) is 19.5. The zero-order chi connectivity index (χ0) is 17.5. The Bertz CT molecular complexity index is 395. The summed E-state index contributed by atoms with van der Waals surface area (Å²) in [5, 5.41) is 16.3. The van der Waals surface area contributed by atoms with E-state index in [4.69, 9.17) is 4.99 Å². The molecule has 2 fully saturated rings. The van der Waals surface area contributed by atoms with Gasteiger partial charge < -0.3 is 15.7 Å². The summed E-state index contributed by atoms with van der Waals surface area (Å²) in [7, 11) is 0. The smallest absolute Gasteiger partial charge is 0.191 e. The highest BCUT2D eigenvalue weighted by Gasteiger charge is 2.38. The Morgan fingerprint density at radius 2 is 2.08 bits per heavy atom. The number of aliphatic imine (C=N–C) groups is 1. The van der Waals surface area contributed by atoms with E-state index >= 15 is 0 Å². The van der Waals surface area contributed by atoms with Crippen LogP contribution in [-0.4, -0.2) is 60.3 Å². The van der Waals surface area contributed by atoms with E-state index in [0.29, 0.717) is 23.9 Å². The van der Waals surface area contributed by atoms with Gasteiger partial charge in [-0.05, 0) is 57.8 Å². The van der Waals surface area contributed by atoms with Crippen LogP contribution in [0.4, 0.5) is 0 Å². The molecule has 0 amide bonds. The lowest BCUT2D eigenvalue weighted by molar-refractivity contribution is 0.245. The Morgan fingerprint density at radius 1 is 1.33 bits per heavy atom. The van der Waals surface area contributed by atoms with Gasteiger partial charge >= 0.3 is 0 Å². The van der Waals surface area contributed by atoms with Gasteiger partial charge in [-0.25, -0.2) is 0 Å². The first-order valence-electron chi connectivity index (χ1n) is 9.94. The van der Waals surface area contributed by atoms with Crippen LogP contribution in [0.15, 0.2) is 4.99 Å². The van der Waals surface area contributed by atoms with Crippen molar-refractivity contribution in [3.05, 3.63) is 0 Å². The maximum atomic E-state index is 9.28. The molecule has 5 nitrogen and oxygen atoms in total. The molecule has 0 aromatic rings. The third-order valence-electron chi connectivity index (χ3n) is 5.17. The molecule has 1 aliphatic heterocycles. The zero-order valence-corrected chi connectivity index (χ0v) is 16.1. The van der Waals surface area contributed by atoms with E-state index in [1.807, 2.05) is 0 Å². The summed E-state index contributed by atoms with van der Waals surface area (Å²) in [6, 6.07) is 2.02. The molecule has 0 radical (unpaired) electrons. The van der Waals surface area contributed by atoms with E-state index in [9.17, 15) is 5.11 Å². The normalized spacial score (nSPS) is 26.8. The van der Waals surface area contributed by atoms with Crippen LogP contribution >= 0.6 is 0 Å². The number of rotatable bonds is 9. The molecule has 1 saturated carbocycles. The van der Waals surface area contributed by atoms with E-state index in [0.717, 1.165) is 44.5 Å². The molecular weight excluding hydrogens is 300 g/mol. The molecule has 0 aromatic heterocycles. The van der Waals surface area contributed by atoms with E-state index in [2.05, 4.69) is 43.2 Å². The third kappa shape index (κ3) is 6.25. The minimum atomic E-state index is 0.257. The topological polar surface area (TPSA) is 59.9 Å². The number of nitrogens with zero attached hydrogens (tertiary/aromatic N) is 2. The zero-order valence-electron chi connectivity index (χ0n) is 16.1. The molecule has 3 atom stereocenters. The number of hydrogen-bond acceptors (Lipinski definition) is 3. The second-order valence-electron chi connectivity index (χ2n) is 8.08. The molecule has 0 spiro atoms. The largest absolute Gasteiger partial charge is 0.396 e. The molecule has 24 heavy (non-hydrogen) atoms. The Balaban J connectivity index is 1.87. The van der Waals surface area contributed by atoms with Crippen molar-refractivity contribution in [3.8, 4) is 0 Å². The van der Waals surface area contributed by atoms with Gasteiger partial charge in [0, 0.05) is 44.4 Å². The van der Waals surface area contributed by atoms with Crippen LogP contribution in [0.1, 0.15) is 59.8 Å². The van der Waals surface area contributed by atoms with Crippen LogP contribution in [0, 0.1) is 11.8 Å². The van der Waals surface area contributed by atoms with Crippen molar-refractivity contribution in [1.29, 1.82) is 0 Å². The van der Waals surface area contributed by atoms with E-state index in [-0.39, 0.29) is 6.61 Å². The molecule has 140 valence electrons. The second-order valence-corrected chi connectivity index (χ2v) is 8.08. The van der Waals surface area contributed by atoms with Gasteiger partial charge in [0.15, 0.2) is 5.96 Å². The van der Waals surface area contributed by atoms with Gasteiger partial charge in [0.05, 0.1) is 0 Å². The lowest BCUT2D eigenvalue weighted by atomic mass is 9.94. The van der Waals surface area contributed by atoms with Crippen LogP contribution in [0.2, 0.25) is 0 Å². The summed E-state index contributed by atoms with van der Waals surface area (Å²) in [5.41, 5.74) is 0. The van der Waals surface area contributed by atoms with Crippen molar-refractivity contribution < 1.29 is 5.11 Å². The summed E-state index contributed by atoms with van der Waals surface area (Å²) in [5.74, 6) is 2.06. The number of hydrogen-bond donors (Lipinski definition) is 3. The summed E-state index contributed by atoms with van der Waals surface area (Å²) in [6.45, 7) is 12.0. The number of nitrogens with one attached hydrogen (secondary N) is 2. The average Bonchev–Trinajstić information content (AvgIpc) is 3.28. The minimum Gasteiger partial charge on any atom is -0.396 e. The number of aliphatic hydroxyl groups is 1. The molecular formula is C19H38N4O. The van der Waals surface area contributed by atoms with Crippen molar-refractivity contribution in [2.24, 2.45) is 16.8 Å². The molecule has 1 saturated heterocycles.